The molecule has 0 spiro atoms. The lowest BCUT2D eigenvalue weighted by Crippen LogP contribution is -2.19. The van der Waals surface area contributed by atoms with Crippen LogP contribution in [0.4, 0.5) is 0 Å². The number of hydrogen-bond donors (Lipinski definition) is 1. The molecule has 1 heterocycles. The minimum Gasteiger partial charge on any atom is -0.384 e. The molecule has 0 saturated heterocycles. The number of aliphatic hydroxyl groups is 1. The Morgan fingerprint density at radius 3 is 2.67 bits per heavy atom. The van der Waals surface area contributed by atoms with Gasteiger partial charge >= 0.3 is 0 Å². The molecule has 0 aromatic carbocycles. The van der Waals surface area contributed by atoms with E-state index in [9.17, 15) is 5.11 Å². The van der Waals surface area contributed by atoms with Crippen LogP contribution in [0.3, 0.4) is 0 Å². The van der Waals surface area contributed by atoms with E-state index in [1.165, 1.54) is 0 Å². The molecular formula is C9H10N2O. The highest BCUT2D eigenvalue weighted by atomic mass is 16.3. The smallest absolute Gasteiger partial charge is 0.102 e. The van der Waals surface area contributed by atoms with E-state index in [0.717, 1.165) is 0 Å². The Bertz CT molecular complexity index is 320. The fourth-order valence-corrected chi connectivity index (χ4v) is 0.983. The van der Waals surface area contributed by atoms with E-state index in [2.05, 4.69) is 4.98 Å². The monoisotopic (exact) mass is 162 g/mol. The predicted octanol–water partition coefficient (Wildman–Crippen LogP) is 1.18. The van der Waals surface area contributed by atoms with Crippen LogP contribution < -0.4 is 0 Å². The van der Waals surface area contributed by atoms with Gasteiger partial charge in [0.2, 0.25) is 0 Å². The van der Waals surface area contributed by atoms with E-state index in [-0.39, 0.29) is 0 Å². The summed E-state index contributed by atoms with van der Waals surface area (Å²) in [4.78, 5) is 3.95. The fraction of sp³-hybridized carbons (Fsp3) is 0.333. The Hall–Kier alpha value is -1.40. The average Bonchev–Trinajstić information content (AvgIpc) is 2.03. The van der Waals surface area contributed by atoms with Crippen LogP contribution in [0.2, 0.25) is 0 Å². The number of nitriles is 1. The van der Waals surface area contributed by atoms with Crippen molar-refractivity contribution in [3.8, 4) is 6.07 Å². The zero-order valence-corrected chi connectivity index (χ0v) is 7.07. The Morgan fingerprint density at radius 1 is 1.58 bits per heavy atom. The minimum atomic E-state index is -1.05. The van der Waals surface area contributed by atoms with Gasteiger partial charge in [-0.1, -0.05) is 0 Å². The second kappa shape index (κ2) is 2.92. The predicted molar refractivity (Wildman–Crippen MR) is 44.2 cm³/mol. The van der Waals surface area contributed by atoms with Crippen molar-refractivity contribution < 1.29 is 5.11 Å². The maximum Gasteiger partial charge on any atom is 0.102 e. The zero-order chi connectivity index (χ0) is 9.19. The van der Waals surface area contributed by atoms with Gasteiger partial charge in [-0.3, -0.25) is 4.98 Å². The minimum absolute atomic E-state index is 0.421. The van der Waals surface area contributed by atoms with Gasteiger partial charge in [0.05, 0.1) is 11.3 Å². The molecule has 0 aliphatic heterocycles. The maximum atomic E-state index is 9.59. The molecule has 0 aliphatic rings. The van der Waals surface area contributed by atoms with Gasteiger partial charge in [0.15, 0.2) is 0 Å². The van der Waals surface area contributed by atoms with Crippen LogP contribution in [0.1, 0.15) is 25.1 Å². The summed E-state index contributed by atoms with van der Waals surface area (Å²) >= 11 is 0. The highest BCUT2D eigenvalue weighted by Gasteiger charge is 2.20. The zero-order valence-electron chi connectivity index (χ0n) is 7.07. The van der Waals surface area contributed by atoms with Gasteiger partial charge in [-0.05, 0) is 26.0 Å². The van der Waals surface area contributed by atoms with Crippen molar-refractivity contribution in [2.45, 2.75) is 19.4 Å². The highest BCUT2D eigenvalue weighted by molar-refractivity contribution is 5.35. The SMILES string of the molecule is CC(C)(O)c1ncccc1C#N. The third kappa shape index (κ3) is 1.60. The van der Waals surface area contributed by atoms with Crippen molar-refractivity contribution in [1.29, 1.82) is 5.26 Å². The highest BCUT2D eigenvalue weighted by Crippen LogP contribution is 2.19. The van der Waals surface area contributed by atoms with Crippen LogP contribution in [-0.2, 0) is 5.60 Å². The standard InChI is InChI=1S/C9H10N2O/c1-9(2,12)8-7(6-10)4-3-5-11-8/h3-5,12H,1-2H3. The molecule has 12 heavy (non-hydrogen) atoms. The van der Waals surface area contributed by atoms with E-state index in [0.29, 0.717) is 11.3 Å². The lowest BCUT2D eigenvalue weighted by atomic mass is 10.0. The summed E-state index contributed by atoms with van der Waals surface area (Å²) in [6.45, 7) is 3.21. The van der Waals surface area contributed by atoms with Gasteiger partial charge in [-0.25, -0.2) is 0 Å². The molecular weight excluding hydrogens is 152 g/mol. The molecule has 0 radical (unpaired) electrons. The van der Waals surface area contributed by atoms with Crippen molar-refractivity contribution in [3.63, 3.8) is 0 Å². The normalized spacial score (nSPS) is 10.8. The molecule has 1 aromatic rings. The molecule has 3 nitrogen and oxygen atoms in total. The van der Waals surface area contributed by atoms with Crippen molar-refractivity contribution in [1.82, 2.24) is 4.98 Å². The van der Waals surface area contributed by atoms with E-state index < -0.39 is 5.60 Å². The number of aromatic nitrogens is 1. The number of nitrogens with zero attached hydrogens (tertiary/aromatic N) is 2. The lowest BCUT2D eigenvalue weighted by Gasteiger charge is -2.16. The first-order chi connectivity index (χ1) is 5.55. The molecule has 0 saturated carbocycles. The Labute approximate surface area is 71.3 Å². The van der Waals surface area contributed by atoms with Crippen LogP contribution in [-0.4, -0.2) is 10.1 Å². The molecule has 1 rings (SSSR count). The summed E-state index contributed by atoms with van der Waals surface area (Å²) in [5.74, 6) is 0. The molecule has 0 atom stereocenters. The van der Waals surface area contributed by atoms with E-state index in [1.54, 1.807) is 32.2 Å². The summed E-state index contributed by atoms with van der Waals surface area (Å²) in [6, 6.07) is 5.29. The van der Waals surface area contributed by atoms with Crippen molar-refractivity contribution >= 4 is 0 Å². The average molecular weight is 162 g/mol. The molecule has 3 heteroatoms. The van der Waals surface area contributed by atoms with Crippen LogP contribution in [0.15, 0.2) is 18.3 Å². The van der Waals surface area contributed by atoms with Gasteiger partial charge in [-0.2, -0.15) is 5.26 Å². The molecule has 0 bridgehead atoms. The molecule has 0 unspecified atom stereocenters. The van der Waals surface area contributed by atoms with Crippen molar-refractivity contribution in [2.75, 3.05) is 0 Å². The Morgan fingerprint density at radius 2 is 2.25 bits per heavy atom. The summed E-state index contributed by atoms with van der Waals surface area (Å²) in [5, 5.41) is 18.3. The first kappa shape index (κ1) is 8.69. The van der Waals surface area contributed by atoms with Gasteiger partial charge in [0, 0.05) is 6.20 Å². The topological polar surface area (TPSA) is 56.9 Å². The quantitative estimate of drug-likeness (QED) is 0.674. The van der Waals surface area contributed by atoms with Crippen molar-refractivity contribution in [3.05, 3.63) is 29.6 Å². The lowest BCUT2D eigenvalue weighted by molar-refractivity contribution is 0.0735. The summed E-state index contributed by atoms with van der Waals surface area (Å²) in [7, 11) is 0. The third-order valence-electron chi connectivity index (χ3n) is 1.51. The summed E-state index contributed by atoms with van der Waals surface area (Å²) in [6.07, 6.45) is 1.56. The van der Waals surface area contributed by atoms with Crippen LogP contribution in [0.25, 0.3) is 0 Å². The van der Waals surface area contributed by atoms with Crippen LogP contribution >= 0.6 is 0 Å². The second-order valence-corrected chi connectivity index (χ2v) is 3.07. The number of pyridine rings is 1. The molecule has 1 N–H and O–H groups in total. The molecule has 62 valence electrons. The molecule has 0 aliphatic carbocycles. The van der Waals surface area contributed by atoms with Gasteiger partial charge < -0.3 is 5.11 Å². The van der Waals surface area contributed by atoms with Crippen LogP contribution in [0.5, 0.6) is 0 Å². The Kier molecular flexibility index (Phi) is 2.11. The van der Waals surface area contributed by atoms with Gasteiger partial charge in [0.1, 0.15) is 11.7 Å². The first-order valence-corrected chi connectivity index (χ1v) is 3.63. The van der Waals surface area contributed by atoms with E-state index in [1.807, 2.05) is 6.07 Å². The van der Waals surface area contributed by atoms with Gasteiger partial charge in [-0.15, -0.1) is 0 Å². The fourth-order valence-electron chi connectivity index (χ4n) is 0.983. The molecule has 0 fully saturated rings. The molecule has 0 amide bonds. The first-order valence-electron chi connectivity index (χ1n) is 3.63. The van der Waals surface area contributed by atoms with Gasteiger partial charge in [0.25, 0.3) is 0 Å². The maximum absolute atomic E-state index is 9.59. The van der Waals surface area contributed by atoms with Crippen LogP contribution in [0, 0.1) is 11.3 Å². The van der Waals surface area contributed by atoms with E-state index >= 15 is 0 Å². The second-order valence-electron chi connectivity index (χ2n) is 3.07. The largest absolute Gasteiger partial charge is 0.384 e. The summed E-state index contributed by atoms with van der Waals surface area (Å²) in [5.41, 5.74) is -0.204. The molecule has 1 aromatic heterocycles. The van der Waals surface area contributed by atoms with E-state index in [4.69, 9.17) is 5.26 Å². The Balaban J connectivity index is 3.26. The number of hydrogen-bond acceptors (Lipinski definition) is 3. The third-order valence-corrected chi connectivity index (χ3v) is 1.51. The number of rotatable bonds is 1. The summed E-state index contributed by atoms with van der Waals surface area (Å²) < 4.78 is 0. The van der Waals surface area contributed by atoms with Crippen molar-refractivity contribution in [2.24, 2.45) is 0 Å².